The number of likely N-dealkylation sites (tertiary alicyclic amines) is 1. The number of halogens is 2. The monoisotopic (exact) mass is 515 g/mol. The summed E-state index contributed by atoms with van der Waals surface area (Å²) in [4.78, 5) is 7.19. The zero-order valence-electron chi connectivity index (χ0n) is 20.9. The minimum atomic E-state index is -0.418. The highest BCUT2D eigenvalue weighted by molar-refractivity contribution is 7.99. The molecule has 8 heteroatoms. The van der Waals surface area contributed by atoms with E-state index in [9.17, 15) is 13.9 Å². The second kappa shape index (κ2) is 12.8. The number of fused-ring (bicyclic) bond motifs is 1. The molecule has 0 bridgehead atoms. The molecule has 1 saturated heterocycles. The van der Waals surface area contributed by atoms with Gasteiger partial charge in [-0.15, -0.1) is 11.8 Å². The van der Waals surface area contributed by atoms with E-state index < -0.39 is 5.82 Å². The molecule has 2 aromatic carbocycles. The SMILES string of the molecule is CN[C@H](CC[C@@H]1CCN(CCSc2cc(F)ccc2F)C[C@@H]1CO)c1ccnc2ccc(OC)cc12. The molecule has 36 heavy (non-hydrogen) atoms. The van der Waals surface area contributed by atoms with Crippen molar-refractivity contribution in [2.75, 3.05) is 46.2 Å². The van der Waals surface area contributed by atoms with Crippen LogP contribution in [-0.2, 0) is 0 Å². The normalized spacial score (nSPS) is 19.5. The molecular formula is C28H35F2N3O2S. The van der Waals surface area contributed by atoms with Gasteiger partial charge in [0.1, 0.15) is 17.4 Å². The van der Waals surface area contributed by atoms with E-state index in [1.807, 2.05) is 31.4 Å². The third-order valence-corrected chi connectivity index (χ3v) is 8.31. The van der Waals surface area contributed by atoms with E-state index in [0.29, 0.717) is 16.6 Å². The lowest BCUT2D eigenvalue weighted by atomic mass is 9.81. The number of aliphatic hydroxyl groups is 1. The molecule has 0 unspecified atom stereocenters. The molecule has 0 spiro atoms. The Labute approximate surface area is 216 Å². The Bertz CT molecular complexity index is 1150. The number of aromatic nitrogens is 1. The number of thioether (sulfide) groups is 1. The molecule has 2 N–H and O–H groups in total. The highest BCUT2D eigenvalue weighted by Crippen LogP contribution is 2.33. The second-order valence-corrected chi connectivity index (χ2v) is 10.6. The smallest absolute Gasteiger partial charge is 0.136 e. The predicted molar refractivity (Wildman–Crippen MR) is 142 cm³/mol. The van der Waals surface area contributed by atoms with Gasteiger partial charge < -0.3 is 20.1 Å². The van der Waals surface area contributed by atoms with Crippen LogP contribution in [0.1, 0.15) is 30.9 Å². The molecule has 0 amide bonds. The van der Waals surface area contributed by atoms with Crippen LogP contribution in [0, 0.1) is 23.5 Å². The first-order chi connectivity index (χ1) is 17.5. The Morgan fingerprint density at radius 2 is 2.06 bits per heavy atom. The van der Waals surface area contributed by atoms with Gasteiger partial charge in [-0.2, -0.15) is 0 Å². The van der Waals surface area contributed by atoms with E-state index in [1.165, 1.54) is 29.5 Å². The van der Waals surface area contributed by atoms with Gasteiger partial charge in [-0.05, 0) is 92.7 Å². The zero-order chi connectivity index (χ0) is 25.5. The van der Waals surface area contributed by atoms with E-state index in [4.69, 9.17) is 4.74 Å². The molecule has 4 rings (SSSR count). The quantitative estimate of drug-likeness (QED) is 0.339. The summed E-state index contributed by atoms with van der Waals surface area (Å²) in [5.41, 5.74) is 2.16. The number of hydrogen-bond donors (Lipinski definition) is 2. The number of rotatable bonds is 11. The van der Waals surface area contributed by atoms with E-state index in [0.717, 1.165) is 61.6 Å². The molecule has 3 atom stereocenters. The molecule has 5 nitrogen and oxygen atoms in total. The maximum absolute atomic E-state index is 13.9. The van der Waals surface area contributed by atoms with Crippen LogP contribution in [-0.4, -0.2) is 61.1 Å². The molecule has 3 aromatic rings. The van der Waals surface area contributed by atoms with Crippen molar-refractivity contribution in [2.45, 2.75) is 30.2 Å². The summed E-state index contributed by atoms with van der Waals surface area (Å²) in [7, 11) is 3.66. The van der Waals surface area contributed by atoms with Crippen LogP contribution in [0.4, 0.5) is 8.78 Å². The number of ether oxygens (including phenoxy) is 1. The summed E-state index contributed by atoms with van der Waals surface area (Å²) >= 11 is 1.34. The molecule has 0 radical (unpaired) electrons. The van der Waals surface area contributed by atoms with Crippen LogP contribution >= 0.6 is 11.8 Å². The summed E-state index contributed by atoms with van der Waals surface area (Å²) in [6, 6.07) is 11.8. The van der Waals surface area contributed by atoms with Crippen molar-refractivity contribution in [3.05, 3.63) is 65.9 Å². The van der Waals surface area contributed by atoms with Gasteiger partial charge in [-0.3, -0.25) is 4.98 Å². The lowest BCUT2D eigenvalue weighted by Crippen LogP contribution is -2.43. The molecule has 194 valence electrons. The predicted octanol–water partition coefficient (Wildman–Crippen LogP) is 5.29. The van der Waals surface area contributed by atoms with E-state index >= 15 is 0 Å². The van der Waals surface area contributed by atoms with Gasteiger partial charge in [0.05, 0.1) is 12.6 Å². The number of aliphatic hydroxyl groups excluding tert-OH is 1. The fourth-order valence-electron chi connectivity index (χ4n) is 5.23. The third kappa shape index (κ3) is 6.54. The molecule has 1 aromatic heterocycles. The minimum Gasteiger partial charge on any atom is -0.497 e. The average molecular weight is 516 g/mol. The highest BCUT2D eigenvalue weighted by atomic mass is 32.2. The number of piperidine rings is 1. The van der Waals surface area contributed by atoms with Crippen LogP contribution < -0.4 is 10.1 Å². The molecule has 0 aliphatic carbocycles. The van der Waals surface area contributed by atoms with Gasteiger partial charge in [0.2, 0.25) is 0 Å². The molecule has 1 aliphatic rings. The van der Waals surface area contributed by atoms with Gasteiger partial charge in [-0.25, -0.2) is 8.78 Å². The number of nitrogens with zero attached hydrogens (tertiary/aromatic N) is 2. The Hall–Kier alpha value is -2.26. The molecule has 1 aliphatic heterocycles. The van der Waals surface area contributed by atoms with E-state index in [-0.39, 0.29) is 24.4 Å². The number of hydrogen-bond acceptors (Lipinski definition) is 6. The van der Waals surface area contributed by atoms with Crippen molar-refractivity contribution in [3.63, 3.8) is 0 Å². The van der Waals surface area contributed by atoms with Gasteiger partial charge >= 0.3 is 0 Å². The largest absolute Gasteiger partial charge is 0.497 e. The van der Waals surface area contributed by atoms with Crippen LogP contribution in [0.25, 0.3) is 10.9 Å². The summed E-state index contributed by atoms with van der Waals surface area (Å²) in [6.07, 6.45) is 4.85. The fourth-order valence-corrected chi connectivity index (χ4v) is 6.20. The van der Waals surface area contributed by atoms with Crippen molar-refractivity contribution in [3.8, 4) is 5.75 Å². The van der Waals surface area contributed by atoms with Crippen LogP contribution in [0.5, 0.6) is 5.75 Å². The van der Waals surface area contributed by atoms with E-state index in [1.54, 1.807) is 7.11 Å². The van der Waals surface area contributed by atoms with Crippen LogP contribution in [0.15, 0.2) is 53.6 Å². The van der Waals surface area contributed by atoms with Crippen LogP contribution in [0.3, 0.4) is 0 Å². The van der Waals surface area contributed by atoms with Crippen molar-refractivity contribution < 1.29 is 18.6 Å². The maximum Gasteiger partial charge on any atom is 0.136 e. The highest BCUT2D eigenvalue weighted by Gasteiger charge is 2.29. The zero-order valence-corrected chi connectivity index (χ0v) is 21.7. The summed E-state index contributed by atoms with van der Waals surface area (Å²) in [5.74, 6) is 1.35. The van der Waals surface area contributed by atoms with Crippen molar-refractivity contribution >= 4 is 22.7 Å². The lowest BCUT2D eigenvalue weighted by Gasteiger charge is -2.38. The Morgan fingerprint density at radius 1 is 1.19 bits per heavy atom. The summed E-state index contributed by atoms with van der Waals surface area (Å²) in [6.45, 7) is 2.72. The molecule has 1 fully saturated rings. The molecule has 2 heterocycles. The number of nitrogens with one attached hydrogen (secondary N) is 1. The average Bonchev–Trinajstić information content (AvgIpc) is 2.91. The van der Waals surface area contributed by atoms with Crippen LogP contribution in [0.2, 0.25) is 0 Å². The fraction of sp³-hybridized carbons (Fsp3) is 0.464. The molecule has 0 saturated carbocycles. The topological polar surface area (TPSA) is 57.6 Å². The first-order valence-corrected chi connectivity index (χ1v) is 13.5. The Kier molecular flexibility index (Phi) is 9.53. The number of pyridine rings is 1. The van der Waals surface area contributed by atoms with Crippen molar-refractivity contribution in [1.29, 1.82) is 0 Å². The number of methoxy groups -OCH3 is 1. The Balaban J connectivity index is 1.33. The Morgan fingerprint density at radius 3 is 2.83 bits per heavy atom. The lowest BCUT2D eigenvalue weighted by molar-refractivity contribution is 0.0696. The second-order valence-electron chi connectivity index (χ2n) is 9.42. The maximum atomic E-state index is 13.9. The van der Waals surface area contributed by atoms with E-state index in [2.05, 4.69) is 21.3 Å². The first-order valence-electron chi connectivity index (χ1n) is 12.5. The number of benzene rings is 2. The minimum absolute atomic E-state index is 0.159. The molecular weight excluding hydrogens is 480 g/mol. The van der Waals surface area contributed by atoms with Gasteiger partial charge in [-0.1, -0.05) is 0 Å². The first kappa shape index (κ1) is 26.8. The van der Waals surface area contributed by atoms with Crippen molar-refractivity contribution in [1.82, 2.24) is 15.2 Å². The van der Waals surface area contributed by atoms with Gasteiger partial charge in [0.15, 0.2) is 0 Å². The third-order valence-electron chi connectivity index (χ3n) is 7.30. The van der Waals surface area contributed by atoms with Gasteiger partial charge in [0.25, 0.3) is 0 Å². The standard InChI is InChI=1S/C28H35F2N3O2S/c1-31-26(23-9-11-32-27-8-5-22(35-2)16-24(23)27)7-3-19-10-12-33(17-20(19)18-34)13-14-36-28-15-21(29)4-6-25(28)30/h4-6,8-9,11,15-16,19-20,26,31,34H,3,7,10,12-14,17-18H2,1-2H3/t19-,20-,26-/m1/s1. The summed E-state index contributed by atoms with van der Waals surface area (Å²) < 4.78 is 32.7. The summed E-state index contributed by atoms with van der Waals surface area (Å²) in [5, 5.41) is 14.7. The van der Waals surface area contributed by atoms with Gasteiger partial charge in [0, 0.05) is 48.0 Å². The van der Waals surface area contributed by atoms with Crippen molar-refractivity contribution in [2.24, 2.45) is 11.8 Å².